The third-order valence-corrected chi connectivity index (χ3v) is 6.94. The van der Waals surface area contributed by atoms with Crippen LogP contribution in [0, 0.1) is 0 Å². The molecule has 0 saturated heterocycles. The van der Waals surface area contributed by atoms with Gasteiger partial charge < -0.3 is 24.2 Å². The first kappa shape index (κ1) is 27.2. The average molecular weight is 582 g/mol. The minimum absolute atomic E-state index is 0.0493. The lowest BCUT2D eigenvalue weighted by molar-refractivity contribution is -0.143. The lowest BCUT2D eigenvalue weighted by Gasteiger charge is -2.25. The van der Waals surface area contributed by atoms with Crippen LogP contribution in [0.4, 0.5) is 18.9 Å². The number of hydrogen-bond acceptors (Lipinski definition) is 8. The minimum atomic E-state index is -4.80. The van der Waals surface area contributed by atoms with E-state index in [2.05, 4.69) is 15.1 Å². The molecular formula is C28H22F3N5O6. The number of ether oxygens (including phenoxy) is 3. The zero-order chi connectivity index (χ0) is 29.6. The molecular weight excluding hydrogens is 559 g/mol. The number of carboxylic acid groups (broad SMARTS) is 1. The molecule has 0 radical (unpaired) electrons. The van der Waals surface area contributed by atoms with Crippen molar-refractivity contribution >= 4 is 17.6 Å². The lowest BCUT2D eigenvalue weighted by Crippen LogP contribution is -2.27. The Morgan fingerprint density at radius 2 is 1.90 bits per heavy atom. The number of aromatic carboxylic acids is 1. The van der Waals surface area contributed by atoms with E-state index in [9.17, 15) is 22.8 Å². The summed E-state index contributed by atoms with van der Waals surface area (Å²) in [7, 11) is 1.60. The van der Waals surface area contributed by atoms with Crippen LogP contribution in [-0.2, 0) is 23.9 Å². The molecule has 11 nitrogen and oxygen atoms in total. The molecule has 2 aliphatic heterocycles. The molecule has 4 heterocycles. The molecule has 2 aromatic carbocycles. The summed E-state index contributed by atoms with van der Waals surface area (Å²) < 4.78 is 60.0. The number of carboxylic acids is 1. The van der Waals surface area contributed by atoms with E-state index in [1.54, 1.807) is 25.2 Å². The van der Waals surface area contributed by atoms with Gasteiger partial charge in [0.2, 0.25) is 0 Å². The lowest BCUT2D eigenvalue weighted by atomic mass is 10.1. The van der Waals surface area contributed by atoms with Gasteiger partial charge in [-0.15, -0.1) is 0 Å². The van der Waals surface area contributed by atoms with E-state index < -0.39 is 29.9 Å². The molecule has 1 amide bonds. The first-order valence-electron chi connectivity index (χ1n) is 12.7. The van der Waals surface area contributed by atoms with Gasteiger partial charge in [0.1, 0.15) is 5.75 Å². The molecule has 2 aliphatic rings. The van der Waals surface area contributed by atoms with E-state index in [4.69, 9.17) is 19.3 Å². The number of carbonyl (C=O) groups is 2. The number of halogens is 3. The second kappa shape index (κ2) is 10.4. The van der Waals surface area contributed by atoms with Crippen LogP contribution in [0.25, 0.3) is 5.69 Å². The topological polar surface area (TPSA) is 129 Å². The van der Waals surface area contributed by atoms with Crippen molar-refractivity contribution in [2.24, 2.45) is 0 Å². The first-order chi connectivity index (χ1) is 20.1. The normalized spacial score (nSPS) is 15.9. The molecule has 0 fully saturated rings. The molecule has 42 heavy (non-hydrogen) atoms. The Kier molecular flexibility index (Phi) is 6.77. The van der Waals surface area contributed by atoms with Crippen LogP contribution < -0.4 is 14.4 Å². The number of aromatic nitrogens is 4. The fraction of sp³-hybridized carbons (Fsp3) is 0.250. The highest BCUT2D eigenvalue weighted by Crippen LogP contribution is 2.39. The van der Waals surface area contributed by atoms with E-state index in [-0.39, 0.29) is 47.3 Å². The van der Waals surface area contributed by atoms with Crippen LogP contribution in [0.1, 0.15) is 49.3 Å². The summed E-state index contributed by atoms with van der Waals surface area (Å²) >= 11 is 0. The van der Waals surface area contributed by atoms with Crippen molar-refractivity contribution < 1.29 is 42.1 Å². The third-order valence-electron chi connectivity index (χ3n) is 6.94. The number of anilines is 1. The smallest absolute Gasteiger partial charge is 0.435 e. The molecule has 1 atom stereocenters. The molecule has 0 aliphatic carbocycles. The monoisotopic (exact) mass is 581 g/mol. The van der Waals surface area contributed by atoms with Gasteiger partial charge in [0.25, 0.3) is 5.91 Å². The Balaban J connectivity index is 1.36. The van der Waals surface area contributed by atoms with Crippen molar-refractivity contribution in [1.82, 2.24) is 19.7 Å². The zero-order valence-electron chi connectivity index (χ0n) is 22.0. The fourth-order valence-electron chi connectivity index (χ4n) is 4.86. The Bertz CT molecular complexity index is 1690. The van der Waals surface area contributed by atoms with Gasteiger partial charge in [-0.3, -0.25) is 4.79 Å². The number of carbonyl (C=O) groups excluding carboxylic acids is 1. The molecule has 6 rings (SSSR count). The second-order valence-corrected chi connectivity index (χ2v) is 9.61. The van der Waals surface area contributed by atoms with Gasteiger partial charge in [-0.1, -0.05) is 12.1 Å². The number of fused-ring (bicyclic) bond motifs is 2. The van der Waals surface area contributed by atoms with Gasteiger partial charge in [0, 0.05) is 48.7 Å². The van der Waals surface area contributed by atoms with Crippen molar-refractivity contribution in [3.8, 4) is 17.4 Å². The fourth-order valence-corrected chi connectivity index (χ4v) is 4.86. The number of amides is 1. The maximum atomic E-state index is 14.1. The predicted molar refractivity (Wildman–Crippen MR) is 139 cm³/mol. The van der Waals surface area contributed by atoms with Gasteiger partial charge in [0.15, 0.2) is 11.8 Å². The highest BCUT2D eigenvalue weighted by Gasteiger charge is 2.43. The van der Waals surface area contributed by atoms with Crippen LogP contribution in [-0.4, -0.2) is 57.0 Å². The van der Waals surface area contributed by atoms with Crippen LogP contribution in [0.15, 0.2) is 54.9 Å². The Morgan fingerprint density at radius 3 is 2.64 bits per heavy atom. The van der Waals surface area contributed by atoms with Crippen molar-refractivity contribution in [2.45, 2.75) is 25.3 Å². The van der Waals surface area contributed by atoms with Crippen LogP contribution in [0.5, 0.6) is 11.8 Å². The Morgan fingerprint density at radius 1 is 1.12 bits per heavy atom. The highest BCUT2D eigenvalue weighted by molar-refractivity contribution is 6.06. The van der Waals surface area contributed by atoms with E-state index in [0.29, 0.717) is 18.0 Å². The highest BCUT2D eigenvalue weighted by atomic mass is 19.4. The molecule has 0 spiro atoms. The summed E-state index contributed by atoms with van der Waals surface area (Å²) in [5.74, 6) is -0.934. The van der Waals surface area contributed by atoms with Crippen molar-refractivity contribution in [3.63, 3.8) is 0 Å². The van der Waals surface area contributed by atoms with Gasteiger partial charge in [-0.2, -0.15) is 18.3 Å². The van der Waals surface area contributed by atoms with E-state index in [0.717, 1.165) is 29.1 Å². The summed E-state index contributed by atoms with van der Waals surface area (Å²) in [5, 5.41) is 13.0. The summed E-state index contributed by atoms with van der Waals surface area (Å²) in [4.78, 5) is 33.7. The maximum absolute atomic E-state index is 14.1. The Hall–Kier alpha value is -4.98. The number of rotatable bonds is 6. The summed E-state index contributed by atoms with van der Waals surface area (Å²) in [6.07, 6.45) is -3.09. The van der Waals surface area contributed by atoms with Crippen LogP contribution in [0.3, 0.4) is 0 Å². The average Bonchev–Trinajstić information content (AvgIpc) is 3.62. The van der Waals surface area contributed by atoms with E-state index >= 15 is 0 Å². The largest absolute Gasteiger partial charge is 0.493 e. The molecule has 216 valence electrons. The molecule has 14 heteroatoms. The van der Waals surface area contributed by atoms with Crippen molar-refractivity contribution in [1.29, 1.82) is 0 Å². The van der Waals surface area contributed by atoms with Crippen molar-refractivity contribution in [2.75, 3.05) is 25.2 Å². The number of benzene rings is 2. The van der Waals surface area contributed by atoms with Gasteiger partial charge in [0.05, 0.1) is 36.8 Å². The van der Waals surface area contributed by atoms with E-state index in [1.165, 1.54) is 17.0 Å². The SMILES string of the molecule is CN(C(=O)c1cccc(-n2nc(C(F)(F)F)c3c2C(Oc2ncc(C(=O)O)cn2)COC3)c1)c1ccc2c(c1)OCC2. The maximum Gasteiger partial charge on any atom is 0.435 e. The zero-order valence-corrected chi connectivity index (χ0v) is 22.0. The second-order valence-electron chi connectivity index (χ2n) is 9.61. The summed E-state index contributed by atoms with van der Waals surface area (Å²) in [5.41, 5.74) is 0.533. The van der Waals surface area contributed by atoms with Crippen LogP contribution >= 0.6 is 0 Å². The minimum Gasteiger partial charge on any atom is -0.493 e. The van der Waals surface area contributed by atoms with Gasteiger partial charge in [-0.05, 0) is 29.8 Å². The van der Waals surface area contributed by atoms with Crippen LogP contribution in [0.2, 0.25) is 0 Å². The molecule has 0 saturated carbocycles. The standard InChI is InChI=1S/C28H22F3N5O6/c1-35(18-6-5-15-7-8-41-21(15)10-18)25(37)16-3-2-4-19(9-16)36-23-20(24(34-36)28(29,30)31)13-40-14-22(23)42-27-32-11-17(12-33-27)26(38)39/h2-6,9-12,22H,7-8,13-14H2,1H3,(H,38,39). The predicted octanol–water partition coefficient (Wildman–Crippen LogP) is 4.24. The molecule has 1 unspecified atom stereocenters. The van der Waals surface area contributed by atoms with Gasteiger partial charge >= 0.3 is 18.2 Å². The van der Waals surface area contributed by atoms with Gasteiger partial charge in [-0.25, -0.2) is 19.4 Å². The number of hydrogen-bond donors (Lipinski definition) is 1. The molecule has 4 aromatic rings. The molecule has 2 aromatic heterocycles. The summed E-state index contributed by atoms with van der Waals surface area (Å²) in [6, 6.07) is 11.3. The first-order valence-corrected chi connectivity index (χ1v) is 12.7. The number of alkyl halides is 3. The molecule has 0 bridgehead atoms. The quantitative estimate of drug-likeness (QED) is 0.356. The third kappa shape index (κ3) is 5.00. The van der Waals surface area contributed by atoms with E-state index in [1.807, 2.05) is 12.1 Å². The van der Waals surface area contributed by atoms with Crippen molar-refractivity contribution in [3.05, 3.63) is 88.5 Å². The summed E-state index contributed by atoms with van der Waals surface area (Å²) in [6.45, 7) is 0.0501. The Labute approximate surface area is 236 Å². The number of nitrogens with zero attached hydrogens (tertiary/aromatic N) is 5. The molecule has 1 N–H and O–H groups in total.